The smallest absolute Gasteiger partial charge is 0.305 e. The standard InChI is InChI=1S/C14H23O3PS/c1-11(2)16-18(15,17-12(3)4)14(19-5)13-9-7-6-8-10-13/h6-12,14H,1-5H3/t14-/m0/s1. The van der Waals surface area contributed by atoms with E-state index in [1.165, 1.54) is 11.8 Å². The van der Waals surface area contributed by atoms with E-state index in [0.717, 1.165) is 5.56 Å². The highest BCUT2D eigenvalue weighted by Crippen LogP contribution is 2.66. The van der Waals surface area contributed by atoms with Crippen LogP contribution in [0.5, 0.6) is 0 Å². The molecule has 3 nitrogen and oxygen atoms in total. The van der Waals surface area contributed by atoms with Crippen LogP contribution in [0, 0.1) is 0 Å². The highest BCUT2D eigenvalue weighted by atomic mass is 32.2. The van der Waals surface area contributed by atoms with Gasteiger partial charge in [0.1, 0.15) is 4.99 Å². The van der Waals surface area contributed by atoms with E-state index in [4.69, 9.17) is 9.05 Å². The summed E-state index contributed by atoms with van der Waals surface area (Å²) in [6.07, 6.45) is 1.66. The summed E-state index contributed by atoms with van der Waals surface area (Å²) in [4.78, 5) is -0.293. The van der Waals surface area contributed by atoms with E-state index >= 15 is 0 Å². The topological polar surface area (TPSA) is 35.5 Å². The molecule has 0 amide bonds. The molecule has 0 aromatic heterocycles. The molecule has 19 heavy (non-hydrogen) atoms. The molecule has 1 aromatic rings. The van der Waals surface area contributed by atoms with Crippen molar-refractivity contribution >= 4 is 19.4 Å². The SMILES string of the molecule is CS[C@@H](c1ccccc1)P(=O)(OC(C)C)OC(C)C. The molecule has 1 rings (SSSR count). The first-order chi connectivity index (χ1) is 8.89. The molecule has 0 N–H and O–H groups in total. The lowest BCUT2D eigenvalue weighted by Crippen LogP contribution is -2.12. The molecule has 0 saturated heterocycles. The minimum atomic E-state index is -3.20. The maximum atomic E-state index is 13.1. The fourth-order valence-electron chi connectivity index (χ4n) is 1.79. The normalized spacial score (nSPS) is 14.1. The van der Waals surface area contributed by atoms with Gasteiger partial charge >= 0.3 is 7.60 Å². The zero-order chi connectivity index (χ0) is 14.5. The Morgan fingerprint density at radius 1 is 1.00 bits per heavy atom. The average molecular weight is 302 g/mol. The van der Waals surface area contributed by atoms with E-state index in [1.54, 1.807) is 0 Å². The van der Waals surface area contributed by atoms with Crippen molar-refractivity contribution in [2.24, 2.45) is 0 Å². The van der Waals surface area contributed by atoms with Crippen LogP contribution in [0.2, 0.25) is 0 Å². The van der Waals surface area contributed by atoms with Gasteiger partial charge in [-0.25, -0.2) is 0 Å². The van der Waals surface area contributed by atoms with Crippen LogP contribution in [0.4, 0.5) is 0 Å². The van der Waals surface area contributed by atoms with E-state index in [1.807, 2.05) is 64.3 Å². The largest absolute Gasteiger partial charge is 0.348 e. The summed E-state index contributed by atoms with van der Waals surface area (Å²) in [6.45, 7) is 7.49. The molecule has 0 spiro atoms. The van der Waals surface area contributed by atoms with Crippen LogP contribution in [-0.2, 0) is 13.6 Å². The van der Waals surface area contributed by atoms with Crippen molar-refractivity contribution in [2.75, 3.05) is 6.26 Å². The molecule has 1 atom stereocenters. The number of rotatable bonds is 7. The lowest BCUT2D eigenvalue weighted by molar-refractivity contribution is 0.141. The molecule has 0 aliphatic rings. The minimum absolute atomic E-state index is 0.136. The fourth-order valence-corrected chi connectivity index (χ4v) is 5.53. The molecule has 0 aliphatic heterocycles. The Morgan fingerprint density at radius 3 is 1.84 bits per heavy atom. The Balaban J connectivity index is 3.10. The molecule has 0 fully saturated rings. The van der Waals surface area contributed by atoms with Crippen molar-refractivity contribution in [3.05, 3.63) is 35.9 Å². The summed E-state index contributed by atoms with van der Waals surface area (Å²) < 4.78 is 24.4. The average Bonchev–Trinajstić information content (AvgIpc) is 2.28. The van der Waals surface area contributed by atoms with Crippen LogP contribution < -0.4 is 0 Å². The van der Waals surface area contributed by atoms with Crippen LogP contribution in [-0.4, -0.2) is 18.5 Å². The van der Waals surface area contributed by atoms with Crippen molar-refractivity contribution in [2.45, 2.75) is 44.9 Å². The number of hydrogen-bond acceptors (Lipinski definition) is 4. The Kier molecular flexibility index (Phi) is 6.61. The lowest BCUT2D eigenvalue weighted by Gasteiger charge is -2.29. The molecule has 0 heterocycles. The molecule has 0 bridgehead atoms. The third kappa shape index (κ3) is 4.96. The number of thioether (sulfide) groups is 1. The lowest BCUT2D eigenvalue weighted by atomic mass is 10.2. The Bertz CT molecular complexity index is 406. The molecule has 0 saturated carbocycles. The molecule has 0 aliphatic carbocycles. The van der Waals surface area contributed by atoms with Gasteiger partial charge < -0.3 is 9.05 Å². The summed E-state index contributed by atoms with van der Waals surface area (Å²) >= 11 is 1.50. The van der Waals surface area contributed by atoms with E-state index in [9.17, 15) is 4.57 Å². The first-order valence-corrected chi connectivity index (χ1v) is 9.33. The van der Waals surface area contributed by atoms with Gasteiger partial charge in [0, 0.05) is 0 Å². The quantitative estimate of drug-likeness (QED) is 0.657. The van der Waals surface area contributed by atoms with Crippen molar-refractivity contribution < 1.29 is 13.6 Å². The Hall–Kier alpha value is -0.280. The van der Waals surface area contributed by atoms with Gasteiger partial charge in [0.05, 0.1) is 12.2 Å². The van der Waals surface area contributed by atoms with Crippen LogP contribution in [0.15, 0.2) is 30.3 Å². The zero-order valence-electron chi connectivity index (χ0n) is 12.2. The zero-order valence-corrected chi connectivity index (χ0v) is 13.9. The second-order valence-electron chi connectivity index (χ2n) is 4.85. The van der Waals surface area contributed by atoms with Gasteiger partial charge in [-0.3, -0.25) is 4.57 Å². The van der Waals surface area contributed by atoms with Gasteiger partial charge in [-0.2, -0.15) is 0 Å². The molecule has 1 aromatic carbocycles. The molecular formula is C14H23O3PS. The molecule has 0 unspecified atom stereocenters. The van der Waals surface area contributed by atoms with Crippen LogP contribution in [0.25, 0.3) is 0 Å². The minimum Gasteiger partial charge on any atom is -0.305 e. The van der Waals surface area contributed by atoms with Gasteiger partial charge in [-0.1, -0.05) is 30.3 Å². The van der Waals surface area contributed by atoms with Crippen molar-refractivity contribution in [3.8, 4) is 0 Å². The van der Waals surface area contributed by atoms with Crippen LogP contribution in [0.1, 0.15) is 38.2 Å². The summed E-state index contributed by atoms with van der Waals surface area (Å²) in [7, 11) is -3.20. The maximum Gasteiger partial charge on any atom is 0.348 e. The third-order valence-electron chi connectivity index (χ3n) is 2.31. The Morgan fingerprint density at radius 2 is 1.47 bits per heavy atom. The summed E-state index contributed by atoms with van der Waals surface area (Å²) in [6, 6.07) is 9.74. The number of hydrogen-bond donors (Lipinski definition) is 0. The highest BCUT2D eigenvalue weighted by Gasteiger charge is 2.38. The summed E-state index contributed by atoms with van der Waals surface area (Å²) in [5.41, 5.74) is 0.972. The van der Waals surface area contributed by atoms with Crippen LogP contribution >= 0.6 is 19.4 Å². The monoisotopic (exact) mass is 302 g/mol. The first-order valence-electron chi connectivity index (χ1n) is 6.43. The molecular weight excluding hydrogens is 279 g/mol. The van der Waals surface area contributed by atoms with Gasteiger partial charge in [0.2, 0.25) is 0 Å². The van der Waals surface area contributed by atoms with Crippen molar-refractivity contribution in [1.29, 1.82) is 0 Å². The van der Waals surface area contributed by atoms with Gasteiger partial charge in [0.25, 0.3) is 0 Å². The fraction of sp³-hybridized carbons (Fsp3) is 0.571. The van der Waals surface area contributed by atoms with Crippen molar-refractivity contribution in [3.63, 3.8) is 0 Å². The predicted molar refractivity (Wildman–Crippen MR) is 82.7 cm³/mol. The molecule has 5 heteroatoms. The predicted octanol–water partition coefficient (Wildman–Crippen LogP) is 5.09. The molecule has 108 valence electrons. The van der Waals surface area contributed by atoms with E-state index < -0.39 is 7.60 Å². The van der Waals surface area contributed by atoms with Gasteiger partial charge in [-0.15, -0.1) is 11.8 Å². The van der Waals surface area contributed by atoms with Crippen molar-refractivity contribution in [1.82, 2.24) is 0 Å². The summed E-state index contributed by atoms with van der Waals surface area (Å²) in [5.74, 6) is 0. The summed E-state index contributed by atoms with van der Waals surface area (Å²) in [5, 5.41) is 0. The third-order valence-corrected chi connectivity index (χ3v) is 6.74. The van der Waals surface area contributed by atoms with Gasteiger partial charge in [-0.05, 0) is 39.5 Å². The van der Waals surface area contributed by atoms with E-state index in [2.05, 4.69) is 0 Å². The first kappa shape index (κ1) is 16.8. The van der Waals surface area contributed by atoms with Gasteiger partial charge in [0.15, 0.2) is 0 Å². The van der Waals surface area contributed by atoms with E-state index in [0.29, 0.717) is 0 Å². The molecule has 0 radical (unpaired) electrons. The van der Waals surface area contributed by atoms with Crippen LogP contribution in [0.3, 0.4) is 0 Å². The highest BCUT2D eigenvalue weighted by molar-refractivity contribution is 8.04. The van der Waals surface area contributed by atoms with E-state index in [-0.39, 0.29) is 17.2 Å². The maximum absolute atomic E-state index is 13.1. The second kappa shape index (κ2) is 7.49. The second-order valence-corrected chi connectivity index (χ2v) is 8.16. The Labute approximate surface area is 120 Å². The number of benzene rings is 1.